The molecule has 0 aromatic heterocycles. The molecule has 17 heavy (non-hydrogen) atoms. The molecule has 0 fully saturated rings. The minimum absolute atomic E-state index is 0.150. The van der Waals surface area contributed by atoms with Crippen LogP contribution in [0.4, 0.5) is 5.69 Å². The van der Waals surface area contributed by atoms with Gasteiger partial charge in [-0.15, -0.1) is 0 Å². The summed E-state index contributed by atoms with van der Waals surface area (Å²) in [5.41, 5.74) is 0.738. The number of benzene rings is 1. The third-order valence-corrected chi connectivity index (χ3v) is 2.29. The van der Waals surface area contributed by atoms with Gasteiger partial charge >= 0.3 is 5.97 Å². The van der Waals surface area contributed by atoms with E-state index in [0.717, 1.165) is 5.69 Å². The highest BCUT2D eigenvalue weighted by Crippen LogP contribution is 2.10. The average molecular weight is 248 g/mol. The monoisotopic (exact) mass is 248 g/mol. The van der Waals surface area contributed by atoms with E-state index >= 15 is 0 Å². The van der Waals surface area contributed by atoms with Crippen molar-refractivity contribution in [1.29, 1.82) is 5.26 Å². The van der Waals surface area contributed by atoms with Crippen LogP contribution in [0.3, 0.4) is 0 Å². The summed E-state index contributed by atoms with van der Waals surface area (Å²) < 4.78 is 4.76. The fraction of sp³-hybridized carbons (Fsp3) is 0.250. The lowest BCUT2D eigenvalue weighted by Gasteiger charge is -2.11. The fourth-order valence-corrected chi connectivity index (χ4v) is 1.45. The number of carbonyl (C=O) groups excluding carboxylic acids is 1. The molecule has 0 aliphatic rings. The molecule has 0 unspecified atom stereocenters. The first-order chi connectivity index (χ1) is 8.19. The highest BCUT2D eigenvalue weighted by Gasteiger charge is 2.24. The Bertz CT molecular complexity index is 440. The molecule has 0 saturated carbocycles. The van der Waals surface area contributed by atoms with Crippen LogP contribution in [-0.4, -0.2) is 17.6 Å². The highest BCUT2D eigenvalue weighted by atomic mass is 32.1. The summed E-state index contributed by atoms with van der Waals surface area (Å²) in [6, 6.07) is 10.9. The van der Waals surface area contributed by atoms with Crippen molar-refractivity contribution in [2.24, 2.45) is 5.92 Å². The van der Waals surface area contributed by atoms with E-state index in [1.54, 1.807) is 19.1 Å². The van der Waals surface area contributed by atoms with Crippen LogP contribution < -0.4 is 5.32 Å². The lowest BCUT2D eigenvalue weighted by atomic mass is 10.1. The van der Waals surface area contributed by atoms with E-state index in [2.05, 4.69) is 5.32 Å². The van der Waals surface area contributed by atoms with Crippen molar-refractivity contribution >= 4 is 28.9 Å². The van der Waals surface area contributed by atoms with E-state index in [0.29, 0.717) is 0 Å². The Hall–Kier alpha value is -1.93. The van der Waals surface area contributed by atoms with Crippen molar-refractivity contribution in [3.63, 3.8) is 0 Å². The molecule has 0 radical (unpaired) electrons. The molecule has 1 aromatic rings. The van der Waals surface area contributed by atoms with E-state index in [-0.39, 0.29) is 11.6 Å². The maximum absolute atomic E-state index is 11.4. The predicted octanol–water partition coefficient (Wildman–Crippen LogP) is 2.13. The van der Waals surface area contributed by atoms with E-state index in [9.17, 15) is 4.79 Å². The zero-order chi connectivity index (χ0) is 12.7. The molecule has 0 aliphatic carbocycles. The number of thiocarbonyl (C=S) groups is 1. The minimum Gasteiger partial charge on any atom is -0.465 e. The first-order valence-electron chi connectivity index (χ1n) is 5.11. The Morgan fingerprint density at radius 1 is 1.53 bits per heavy atom. The number of rotatable bonds is 4. The Balaban J connectivity index is 2.69. The van der Waals surface area contributed by atoms with Crippen LogP contribution >= 0.6 is 12.2 Å². The number of ether oxygens (including phenoxy) is 1. The number of nitrogens with zero attached hydrogens (tertiary/aromatic N) is 1. The Morgan fingerprint density at radius 3 is 2.71 bits per heavy atom. The predicted molar refractivity (Wildman–Crippen MR) is 68.4 cm³/mol. The van der Waals surface area contributed by atoms with Crippen molar-refractivity contribution in [1.82, 2.24) is 0 Å². The van der Waals surface area contributed by atoms with Crippen molar-refractivity contribution in [2.45, 2.75) is 6.92 Å². The van der Waals surface area contributed by atoms with Gasteiger partial charge in [0, 0.05) is 5.69 Å². The molecule has 0 saturated heterocycles. The minimum atomic E-state index is -1.06. The summed E-state index contributed by atoms with van der Waals surface area (Å²) in [5.74, 6) is -1.69. The second-order valence-corrected chi connectivity index (χ2v) is 3.61. The van der Waals surface area contributed by atoms with Gasteiger partial charge < -0.3 is 10.1 Å². The first kappa shape index (κ1) is 13.1. The van der Waals surface area contributed by atoms with Gasteiger partial charge in [0.1, 0.15) is 4.99 Å². The van der Waals surface area contributed by atoms with Crippen LogP contribution in [0, 0.1) is 17.2 Å². The van der Waals surface area contributed by atoms with Crippen molar-refractivity contribution in [3.8, 4) is 6.07 Å². The van der Waals surface area contributed by atoms with Gasteiger partial charge in [-0.05, 0) is 19.1 Å². The lowest BCUT2D eigenvalue weighted by molar-refractivity contribution is -0.143. The van der Waals surface area contributed by atoms with E-state index < -0.39 is 11.9 Å². The van der Waals surface area contributed by atoms with Gasteiger partial charge in [0.15, 0.2) is 5.92 Å². The topological polar surface area (TPSA) is 62.1 Å². The number of carbonyl (C=O) groups is 1. The molecule has 88 valence electrons. The molecule has 0 heterocycles. The summed E-state index contributed by atoms with van der Waals surface area (Å²) in [6.45, 7) is 1.91. The molecule has 1 N–H and O–H groups in total. The van der Waals surface area contributed by atoms with Gasteiger partial charge in [0.2, 0.25) is 0 Å². The fourth-order valence-electron chi connectivity index (χ4n) is 1.18. The Labute approximate surface area is 105 Å². The summed E-state index contributed by atoms with van der Waals surface area (Å²) >= 11 is 5.01. The molecular weight excluding hydrogens is 236 g/mol. The highest BCUT2D eigenvalue weighted by molar-refractivity contribution is 7.80. The Kier molecular flexibility index (Phi) is 5.11. The maximum Gasteiger partial charge on any atom is 0.330 e. The number of esters is 1. The summed E-state index contributed by atoms with van der Waals surface area (Å²) in [7, 11) is 0. The van der Waals surface area contributed by atoms with Gasteiger partial charge in [-0.1, -0.05) is 30.4 Å². The van der Waals surface area contributed by atoms with Gasteiger partial charge in [-0.3, -0.25) is 4.79 Å². The van der Waals surface area contributed by atoms with Crippen molar-refractivity contribution in [2.75, 3.05) is 11.9 Å². The Morgan fingerprint density at radius 2 is 2.18 bits per heavy atom. The molecular formula is C12H12N2O2S. The third kappa shape index (κ3) is 3.85. The van der Waals surface area contributed by atoms with E-state index in [1.165, 1.54) is 0 Å². The molecule has 1 aromatic carbocycles. The number of nitriles is 1. The number of para-hydroxylation sites is 1. The third-order valence-electron chi connectivity index (χ3n) is 1.95. The number of nitrogens with one attached hydrogen (secondary N) is 1. The molecule has 0 aliphatic heterocycles. The maximum atomic E-state index is 11.4. The standard InChI is InChI=1S/C12H12N2O2S/c1-2-16-12(15)10(8-13)11(17)14-9-6-4-3-5-7-9/h3-7,10H,2H2,1H3,(H,14,17)/t10-/m0/s1. The van der Waals surface area contributed by atoms with E-state index in [4.69, 9.17) is 22.2 Å². The molecule has 1 rings (SSSR count). The first-order valence-corrected chi connectivity index (χ1v) is 5.52. The second kappa shape index (κ2) is 6.61. The van der Waals surface area contributed by atoms with Gasteiger partial charge in [-0.25, -0.2) is 0 Å². The van der Waals surface area contributed by atoms with E-state index in [1.807, 2.05) is 24.3 Å². The smallest absolute Gasteiger partial charge is 0.330 e. The zero-order valence-electron chi connectivity index (χ0n) is 9.34. The number of hydrogen-bond donors (Lipinski definition) is 1. The van der Waals surface area contributed by atoms with Crippen LogP contribution in [0.5, 0.6) is 0 Å². The summed E-state index contributed by atoms with van der Waals surface area (Å²) in [4.78, 5) is 11.6. The largest absolute Gasteiger partial charge is 0.465 e. The van der Waals surface area contributed by atoms with Crippen LogP contribution in [0.25, 0.3) is 0 Å². The van der Waals surface area contributed by atoms with Gasteiger partial charge in [0.05, 0.1) is 12.7 Å². The van der Waals surface area contributed by atoms with Gasteiger partial charge in [-0.2, -0.15) is 5.26 Å². The molecule has 0 amide bonds. The van der Waals surface area contributed by atoms with Crippen LogP contribution in [-0.2, 0) is 9.53 Å². The molecule has 0 bridgehead atoms. The summed E-state index contributed by atoms with van der Waals surface area (Å²) in [5, 5.41) is 11.7. The average Bonchev–Trinajstić information content (AvgIpc) is 2.31. The van der Waals surface area contributed by atoms with Crippen molar-refractivity contribution < 1.29 is 9.53 Å². The van der Waals surface area contributed by atoms with Gasteiger partial charge in [0.25, 0.3) is 0 Å². The van der Waals surface area contributed by atoms with Crippen LogP contribution in [0.15, 0.2) is 30.3 Å². The zero-order valence-corrected chi connectivity index (χ0v) is 10.2. The molecule has 1 atom stereocenters. The van der Waals surface area contributed by atoms with Crippen LogP contribution in [0.2, 0.25) is 0 Å². The quantitative estimate of drug-likeness (QED) is 0.653. The lowest BCUT2D eigenvalue weighted by Crippen LogP contribution is -2.28. The molecule has 5 heteroatoms. The molecule has 0 spiro atoms. The number of anilines is 1. The SMILES string of the molecule is CCOC(=O)[C@@H](C#N)C(=S)Nc1ccccc1. The number of hydrogen-bond acceptors (Lipinski definition) is 4. The van der Waals surface area contributed by atoms with Crippen LogP contribution in [0.1, 0.15) is 6.92 Å². The molecule has 4 nitrogen and oxygen atoms in total. The second-order valence-electron chi connectivity index (χ2n) is 3.17. The summed E-state index contributed by atoms with van der Waals surface area (Å²) in [6.07, 6.45) is 0. The van der Waals surface area contributed by atoms with Crippen molar-refractivity contribution in [3.05, 3.63) is 30.3 Å². The normalized spacial score (nSPS) is 11.1.